The Morgan fingerprint density at radius 1 is 0.833 bits per heavy atom. The van der Waals surface area contributed by atoms with Gasteiger partial charge < -0.3 is 9.32 Å². The van der Waals surface area contributed by atoms with Crippen molar-refractivity contribution in [3.63, 3.8) is 0 Å². The zero-order chi connectivity index (χ0) is 24.5. The van der Waals surface area contributed by atoms with Gasteiger partial charge >= 0.3 is 5.63 Å². The lowest BCUT2D eigenvalue weighted by molar-refractivity contribution is 0.0986. The van der Waals surface area contributed by atoms with Crippen LogP contribution in [0.25, 0.3) is 22.2 Å². The highest BCUT2D eigenvalue weighted by Gasteiger charge is 2.23. The molecule has 0 N–H and O–H groups in total. The summed E-state index contributed by atoms with van der Waals surface area (Å²) in [6.07, 6.45) is 2.53. The minimum absolute atomic E-state index is 0.0658. The van der Waals surface area contributed by atoms with Crippen molar-refractivity contribution in [1.29, 1.82) is 0 Å². The first-order valence-corrected chi connectivity index (χ1v) is 11.6. The lowest BCUT2D eigenvalue weighted by Crippen LogP contribution is -2.34. The maximum absolute atomic E-state index is 13.5. The number of hydrogen-bond acceptors (Lipinski definition) is 5. The van der Waals surface area contributed by atoms with E-state index in [1.54, 1.807) is 21.7 Å². The summed E-state index contributed by atoms with van der Waals surface area (Å²) in [5.41, 5.74) is 4.57. The number of anilines is 1. The first-order chi connectivity index (χ1) is 17.7. The fraction of sp³-hybridized carbons (Fsp3) is 0.103. The minimum Gasteiger partial charge on any atom is -0.423 e. The van der Waals surface area contributed by atoms with Crippen LogP contribution in [0.1, 0.15) is 27.9 Å². The van der Waals surface area contributed by atoms with Gasteiger partial charge in [0, 0.05) is 41.2 Å². The number of benzene rings is 3. The van der Waals surface area contributed by atoms with E-state index in [1.165, 1.54) is 6.07 Å². The predicted molar refractivity (Wildman–Crippen MR) is 137 cm³/mol. The summed E-state index contributed by atoms with van der Waals surface area (Å²) in [5.74, 6) is 6.30. The summed E-state index contributed by atoms with van der Waals surface area (Å²) in [7, 11) is 0. The predicted octanol–water partition coefficient (Wildman–Crippen LogP) is 4.50. The largest absolute Gasteiger partial charge is 0.423 e. The fourth-order valence-corrected chi connectivity index (χ4v) is 4.36. The lowest BCUT2D eigenvalue weighted by Gasteiger charge is -2.25. The van der Waals surface area contributed by atoms with Crippen molar-refractivity contribution >= 4 is 22.6 Å². The minimum atomic E-state index is -0.391. The number of hydrogen-bond donors (Lipinski definition) is 0. The molecular weight excluding hydrogens is 452 g/mol. The molecular formula is C29H20N4O3. The highest BCUT2D eigenvalue weighted by atomic mass is 16.4. The number of aryl methyl sites for hydroxylation is 1. The Labute approximate surface area is 206 Å². The molecule has 7 heteroatoms. The molecule has 0 saturated carbocycles. The fourth-order valence-electron chi connectivity index (χ4n) is 4.36. The molecule has 174 valence electrons. The highest BCUT2D eigenvalue weighted by Crippen LogP contribution is 2.26. The molecule has 3 aromatic carbocycles. The van der Waals surface area contributed by atoms with E-state index in [0.29, 0.717) is 36.4 Å². The first-order valence-electron chi connectivity index (χ1n) is 11.6. The molecule has 0 spiro atoms. The Hall–Kier alpha value is -4.96. The van der Waals surface area contributed by atoms with Crippen LogP contribution < -0.4 is 10.5 Å². The van der Waals surface area contributed by atoms with E-state index < -0.39 is 5.63 Å². The molecule has 7 nitrogen and oxygen atoms in total. The van der Waals surface area contributed by atoms with Crippen molar-refractivity contribution in [2.45, 2.75) is 13.0 Å². The van der Waals surface area contributed by atoms with Gasteiger partial charge in [0.1, 0.15) is 11.3 Å². The van der Waals surface area contributed by atoms with E-state index in [9.17, 15) is 9.59 Å². The molecule has 0 fully saturated rings. The van der Waals surface area contributed by atoms with Crippen LogP contribution in [0.15, 0.2) is 94.3 Å². The van der Waals surface area contributed by atoms with Crippen molar-refractivity contribution in [3.8, 4) is 23.1 Å². The molecule has 0 aliphatic carbocycles. The van der Waals surface area contributed by atoms with Gasteiger partial charge in [-0.3, -0.25) is 9.48 Å². The second-order valence-corrected chi connectivity index (χ2v) is 8.50. The standard InChI is InChI=1S/C29H20N4O3/c34-28-15-14-22-12-13-23(18-27(22)36-28)25-19-32(31-30-25)16-5-17-33-26-9-4-2-7-21(26)11-10-20-6-1-3-8-24(20)29(33)35/h1-4,6-9,12-15,18-19H,5,16-17H2. The highest BCUT2D eigenvalue weighted by molar-refractivity contribution is 6.08. The van der Waals surface area contributed by atoms with Gasteiger partial charge in [0.2, 0.25) is 0 Å². The van der Waals surface area contributed by atoms with E-state index in [1.807, 2.05) is 66.9 Å². The molecule has 0 saturated heterocycles. The van der Waals surface area contributed by atoms with Crippen molar-refractivity contribution in [1.82, 2.24) is 15.0 Å². The number of amides is 1. The van der Waals surface area contributed by atoms with Crippen LogP contribution in [0.2, 0.25) is 0 Å². The average Bonchev–Trinajstić information content (AvgIpc) is 3.38. The van der Waals surface area contributed by atoms with Gasteiger partial charge in [0.05, 0.1) is 17.4 Å². The third-order valence-electron chi connectivity index (χ3n) is 6.16. The molecule has 1 aliphatic heterocycles. The van der Waals surface area contributed by atoms with Gasteiger partial charge in [-0.25, -0.2) is 4.79 Å². The van der Waals surface area contributed by atoms with Gasteiger partial charge in [-0.05, 0) is 42.8 Å². The smallest absolute Gasteiger partial charge is 0.336 e. The number of nitrogens with zero attached hydrogens (tertiary/aromatic N) is 4. The Morgan fingerprint density at radius 2 is 1.61 bits per heavy atom. The number of aromatic nitrogens is 3. The molecule has 3 heterocycles. The molecule has 6 rings (SSSR count). The third-order valence-corrected chi connectivity index (χ3v) is 6.16. The Bertz CT molecular complexity index is 1740. The zero-order valence-corrected chi connectivity index (χ0v) is 19.2. The topological polar surface area (TPSA) is 81.2 Å². The van der Waals surface area contributed by atoms with Crippen LogP contribution >= 0.6 is 0 Å². The SMILES string of the molecule is O=C1c2ccccc2C#Cc2ccccc2N1CCCn1cc(-c2ccc3ccc(=O)oc3c2)nn1. The normalized spacial score (nSPS) is 12.3. The molecule has 0 atom stereocenters. The van der Waals surface area contributed by atoms with E-state index in [4.69, 9.17) is 4.42 Å². The van der Waals surface area contributed by atoms with Gasteiger partial charge in [-0.1, -0.05) is 53.5 Å². The van der Waals surface area contributed by atoms with Gasteiger partial charge in [-0.15, -0.1) is 5.10 Å². The monoisotopic (exact) mass is 472 g/mol. The Kier molecular flexibility index (Phi) is 5.39. The van der Waals surface area contributed by atoms with Crippen LogP contribution in [0.5, 0.6) is 0 Å². The van der Waals surface area contributed by atoms with Gasteiger partial charge in [-0.2, -0.15) is 0 Å². The summed E-state index contributed by atoms with van der Waals surface area (Å²) in [6.45, 7) is 1.08. The second kappa shape index (κ2) is 9.01. The van der Waals surface area contributed by atoms with Crippen LogP contribution in [0.3, 0.4) is 0 Å². The van der Waals surface area contributed by atoms with Crippen molar-refractivity contribution < 1.29 is 9.21 Å². The van der Waals surface area contributed by atoms with Crippen LogP contribution in [0, 0.1) is 11.8 Å². The van der Waals surface area contributed by atoms with Crippen molar-refractivity contribution in [3.05, 3.63) is 112 Å². The number of rotatable bonds is 5. The molecule has 0 radical (unpaired) electrons. The van der Waals surface area contributed by atoms with Crippen molar-refractivity contribution in [2.75, 3.05) is 11.4 Å². The van der Waals surface area contributed by atoms with Gasteiger partial charge in [0.15, 0.2) is 0 Å². The number of para-hydroxylation sites is 1. The Morgan fingerprint density at radius 3 is 2.53 bits per heavy atom. The average molecular weight is 473 g/mol. The first kappa shape index (κ1) is 21.6. The molecule has 1 amide bonds. The number of fused-ring (bicyclic) bond motifs is 3. The quantitative estimate of drug-likeness (QED) is 0.278. The molecule has 2 aromatic heterocycles. The van der Waals surface area contributed by atoms with E-state index in [-0.39, 0.29) is 5.91 Å². The van der Waals surface area contributed by atoms with Crippen molar-refractivity contribution in [2.24, 2.45) is 0 Å². The molecule has 5 aromatic rings. The maximum atomic E-state index is 13.5. The van der Waals surface area contributed by atoms with E-state index in [2.05, 4.69) is 22.2 Å². The van der Waals surface area contributed by atoms with E-state index >= 15 is 0 Å². The molecule has 36 heavy (non-hydrogen) atoms. The maximum Gasteiger partial charge on any atom is 0.336 e. The second-order valence-electron chi connectivity index (χ2n) is 8.50. The summed E-state index contributed by atoms with van der Waals surface area (Å²) >= 11 is 0. The van der Waals surface area contributed by atoms with Crippen LogP contribution in [-0.2, 0) is 6.54 Å². The Balaban J connectivity index is 1.22. The van der Waals surface area contributed by atoms with Crippen LogP contribution in [-0.4, -0.2) is 27.4 Å². The van der Waals surface area contributed by atoms with Crippen LogP contribution in [0.4, 0.5) is 5.69 Å². The summed E-state index contributed by atoms with van der Waals surface area (Å²) < 4.78 is 7.05. The molecule has 1 aliphatic rings. The summed E-state index contributed by atoms with van der Waals surface area (Å²) in [6, 6.07) is 23.9. The third kappa shape index (κ3) is 4.05. The number of carbonyl (C=O) groups is 1. The summed E-state index contributed by atoms with van der Waals surface area (Å²) in [4.78, 5) is 26.9. The molecule has 0 unspecified atom stereocenters. The number of carbonyl (C=O) groups excluding carboxylic acids is 1. The lowest BCUT2D eigenvalue weighted by atomic mass is 10.0. The molecule has 0 bridgehead atoms. The zero-order valence-electron chi connectivity index (χ0n) is 19.2. The summed E-state index contributed by atoms with van der Waals surface area (Å²) in [5, 5.41) is 9.38. The van der Waals surface area contributed by atoms with Gasteiger partial charge in [0.25, 0.3) is 5.91 Å². The van der Waals surface area contributed by atoms with E-state index in [0.717, 1.165) is 27.8 Å².